The van der Waals surface area contributed by atoms with Gasteiger partial charge < -0.3 is 24.3 Å². The Morgan fingerprint density at radius 2 is 1.93 bits per heavy atom. The van der Waals surface area contributed by atoms with Crippen molar-refractivity contribution in [1.82, 2.24) is 35.2 Å². The van der Waals surface area contributed by atoms with Gasteiger partial charge in [-0.2, -0.15) is 0 Å². The number of pyridine rings is 1. The van der Waals surface area contributed by atoms with Gasteiger partial charge >= 0.3 is 5.97 Å². The van der Waals surface area contributed by atoms with Crippen molar-refractivity contribution < 1.29 is 31.5 Å². The number of ether oxygens (including phenoxy) is 2. The van der Waals surface area contributed by atoms with Crippen LogP contribution >= 0.6 is 11.3 Å². The molecule has 14 heteroatoms. The fraction of sp³-hybridized carbons (Fsp3) is 0.535. The van der Waals surface area contributed by atoms with Gasteiger partial charge in [-0.05, 0) is 74.8 Å². The highest BCUT2D eigenvalue weighted by Crippen LogP contribution is 2.41. The molecule has 4 aromatic rings. The Morgan fingerprint density at radius 3 is 2.67 bits per heavy atom. The number of thiazole rings is 1. The number of amides is 3. The van der Waals surface area contributed by atoms with E-state index in [1.165, 1.54) is 28.2 Å². The zero-order valence-corrected chi connectivity index (χ0v) is 34.9. The van der Waals surface area contributed by atoms with Crippen molar-refractivity contribution in [2.45, 2.75) is 103 Å². The van der Waals surface area contributed by atoms with Crippen LogP contribution in [0.25, 0.3) is 33.4 Å². The summed E-state index contributed by atoms with van der Waals surface area (Å²) < 4.78 is 14.0. The Morgan fingerprint density at radius 1 is 1.16 bits per heavy atom. The second-order valence-corrected chi connectivity index (χ2v) is 17.6. The first-order valence-corrected chi connectivity index (χ1v) is 21.0. The van der Waals surface area contributed by atoms with E-state index in [0.717, 1.165) is 70.4 Å². The molecule has 0 radical (unpaired) electrons. The van der Waals surface area contributed by atoms with Crippen molar-refractivity contribution in [1.29, 1.82) is 0 Å². The molecule has 57 heavy (non-hydrogen) atoms. The highest BCUT2D eigenvalue weighted by atomic mass is 32.1. The lowest BCUT2D eigenvalue weighted by Gasteiger charge is -2.36. The normalized spacial score (nSPS) is 21.5. The third-order valence-electron chi connectivity index (χ3n) is 12.0. The molecule has 3 aromatic heterocycles. The zero-order chi connectivity index (χ0) is 40.6. The molecular formula is C43H59N7O6S. The molecule has 308 valence electrons. The van der Waals surface area contributed by atoms with Gasteiger partial charge in [-0.25, -0.2) is 10.4 Å². The first-order chi connectivity index (χ1) is 27.3. The number of methoxy groups -OCH3 is 1. The van der Waals surface area contributed by atoms with Crippen molar-refractivity contribution in [2.24, 2.45) is 18.4 Å². The molecule has 7 rings (SSSR count). The number of rotatable bonds is 7. The fourth-order valence-corrected chi connectivity index (χ4v) is 9.65. The van der Waals surface area contributed by atoms with E-state index in [4.69, 9.17) is 19.4 Å². The third kappa shape index (κ3) is 8.35. The Bertz CT molecular complexity index is 2170. The van der Waals surface area contributed by atoms with Gasteiger partial charge in [0.1, 0.15) is 18.1 Å². The van der Waals surface area contributed by atoms with Crippen LogP contribution in [-0.4, -0.2) is 93.6 Å². The SMILES string of the molecule is CO[C@@H](C)c1ncccc1-c1c2c3cc(ccc3n1C)-c1csc(n1)C[C@H](NC(=O)[C@H](C1CCCC1)N(C)C(C)=O)C(=O)N1CCC[C@H](N1)C(=O)OCC(C)(C)C2.[HH].[HH]. The lowest BCUT2D eigenvalue weighted by molar-refractivity contribution is -0.155. The summed E-state index contributed by atoms with van der Waals surface area (Å²) in [6.07, 6.45) is 7.02. The van der Waals surface area contributed by atoms with Crippen LogP contribution in [0.15, 0.2) is 41.9 Å². The number of hydrogen-bond donors (Lipinski definition) is 2. The Labute approximate surface area is 341 Å². The van der Waals surface area contributed by atoms with E-state index in [-0.39, 0.29) is 45.6 Å². The van der Waals surface area contributed by atoms with Gasteiger partial charge in [0.05, 0.1) is 34.8 Å². The van der Waals surface area contributed by atoms with Crippen LogP contribution in [0.3, 0.4) is 0 Å². The van der Waals surface area contributed by atoms with E-state index >= 15 is 0 Å². The van der Waals surface area contributed by atoms with Gasteiger partial charge in [0.15, 0.2) is 0 Å². The number of nitrogens with zero attached hydrogens (tertiary/aromatic N) is 5. The molecule has 1 saturated heterocycles. The molecule has 1 aliphatic carbocycles. The number of fused-ring (bicyclic) bond motifs is 6. The van der Waals surface area contributed by atoms with Crippen molar-refractivity contribution in [3.63, 3.8) is 0 Å². The first-order valence-electron chi connectivity index (χ1n) is 20.1. The fourth-order valence-electron chi connectivity index (χ4n) is 8.80. The minimum absolute atomic E-state index is 0. The summed E-state index contributed by atoms with van der Waals surface area (Å²) >= 11 is 1.44. The second kappa shape index (κ2) is 16.7. The predicted octanol–water partition coefficient (Wildman–Crippen LogP) is 6.25. The summed E-state index contributed by atoms with van der Waals surface area (Å²) in [7, 11) is 5.40. The van der Waals surface area contributed by atoms with Gasteiger partial charge in [-0.1, -0.05) is 32.8 Å². The van der Waals surface area contributed by atoms with Crippen molar-refractivity contribution in [3.8, 4) is 22.5 Å². The molecule has 2 aliphatic heterocycles. The van der Waals surface area contributed by atoms with E-state index in [9.17, 15) is 19.2 Å². The Kier molecular flexibility index (Phi) is 11.9. The second-order valence-electron chi connectivity index (χ2n) is 16.7. The summed E-state index contributed by atoms with van der Waals surface area (Å²) in [6, 6.07) is 7.94. The minimum atomic E-state index is -0.991. The van der Waals surface area contributed by atoms with Gasteiger partial charge in [0.2, 0.25) is 11.8 Å². The molecule has 4 atom stereocenters. The Hall–Kier alpha value is -4.66. The van der Waals surface area contributed by atoms with Crippen LogP contribution in [0.4, 0.5) is 0 Å². The van der Waals surface area contributed by atoms with E-state index in [0.29, 0.717) is 30.8 Å². The molecule has 0 spiro atoms. The summed E-state index contributed by atoms with van der Waals surface area (Å²) in [5.41, 5.74) is 9.32. The van der Waals surface area contributed by atoms with Crippen LogP contribution < -0.4 is 10.7 Å². The number of esters is 1. The third-order valence-corrected chi connectivity index (χ3v) is 12.9. The Balaban J connectivity index is 0.00000331. The molecule has 1 aromatic carbocycles. The molecule has 2 fully saturated rings. The largest absolute Gasteiger partial charge is 0.464 e. The monoisotopic (exact) mass is 801 g/mol. The van der Waals surface area contributed by atoms with Crippen molar-refractivity contribution in [3.05, 3.63) is 58.2 Å². The lowest BCUT2D eigenvalue weighted by Crippen LogP contribution is -2.62. The standard InChI is InChI=1S/C43H55N7O6S.2H2/c1-25(55-7)37-29(14-10-18-44-37)39-31-22-43(3,4)24-56-42(54)32-15-11-19-50(47-32)41(53)33(46-40(52)38(48(5)26(2)51)27-12-8-9-13-27)21-36-45-34(23-57-36)28-16-17-35(49(39)6)30(31)20-28;;/h10,14,16-18,20,23,25,27,32-33,38,47H,8-9,11-13,15,19,21-22,24H2,1-7H3,(H,46,52);2*1H/t25-,32-,33-,38-;;/m0../s1. The van der Waals surface area contributed by atoms with Crippen LogP contribution in [0, 0.1) is 11.3 Å². The van der Waals surface area contributed by atoms with Gasteiger partial charge in [0.25, 0.3) is 5.91 Å². The summed E-state index contributed by atoms with van der Waals surface area (Å²) in [6.45, 7) is 8.16. The summed E-state index contributed by atoms with van der Waals surface area (Å²) in [5, 5.41) is 8.23. The van der Waals surface area contributed by atoms with Gasteiger partial charge in [-0.3, -0.25) is 29.2 Å². The molecule has 3 amide bonds. The average molecular weight is 802 g/mol. The summed E-state index contributed by atoms with van der Waals surface area (Å²) in [4.78, 5) is 66.2. The van der Waals surface area contributed by atoms with Crippen LogP contribution in [0.1, 0.15) is 91.4 Å². The molecule has 2 N–H and O–H groups in total. The quantitative estimate of drug-likeness (QED) is 0.207. The molecular weight excluding hydrogens is 743 g/mol. The van der Waals surface area contributed by atoms with Crippen LogP contribution in [0.5, 0.6) is 0 Å². The smallest absolute Gasteiger partial charge is 0.324 e. The molecule has 1 saturated carbocycles. The number of carbonyl (C=O) groups is 4. The molecule has 5 heterocycles. The lowest BCUT2D eigenvalue weighted by atomic mass is 9.84. The van der Waals surface area contributed by atoms with Crippen molar-refractivity contribution in [2.75, 3.05) is 27.3 Å². The van der Waals surface area contributed by atoms with Gasteiger partial charge in [-0.15, -0.1) is 11.3 Å². The number of benzene rings is 1. The number of cyclic esters (lactones) is 1. The number of aryl methyl sites for hydroxylation is 1. The minimum Gasteiger partial charge on any atom is -0.464 e. The van der Waals surface area contributed by atoms with Crippen LogP contribution in [0.2, 0.25) is 0 Å². The highest BCUT2D eigenvalue weighted by molar-refractivity contribution is 7.10. The van der Waals surface area contributed by atoms with E-state index in [1.807, 2.05) is 18.4 Å². The first kappa shape index (κ1) is 40.5. The number of nitrogens with one attached hydrogen (secondary N) is 2. The number of likely N-dealkylation sites (N-methyl/N-ethyl adjacent to an activating group) is 1. The zero-order valence-electron chi connectivity index (χ0n) is 34.1. The van der Waals surface area contributed by atoms with E-state index < -0.39 is 29.5 Å². The average Bonchev–Trinajstić information content (AvgIpc) is 3.96. The van der Waals surface area contributed by atoms with E-state index in [1.54, 1.807) is 20.4 Å². The predicted molar refractivity (Wildman–Crippen MR) is 223 cm³/mol. The van der Waals surface area contributed by atoms with Gasteiger partial charge in [0, 0.05) is 83.0 Å². The number of hydrogen-bond acceptors (Lipinski definition) is 10. The number of aromatic nitrogens is 3. The maximum Gasteiger partial charge on any atom is 0.324 e. The molecule has 3 aliphatic rings. The topological polar surface area (TPSA) is 148 Å². The van der Waals surface area contributed by atoms with E-state index in [2.05, 4.69) is 60.5 Å². The highest BCUT2D eigenvalue weighted by Gasteiger charge is 2.39. The molecule has 0 unspecified atom stereocenters. The summed E-state index contributed by atoms with van der Waals surface area (Å²) in [5.74, 6) is -1.36. The molecule has 13 nitrogen and oxygen atoms in total. The number of hydrazine groups is 1. The van der Waals surface area contributed by atoms with Crippen molar-refractivity contribution >= 4 is 45.9 Å². The maximum absolute atomic E-state index is 14.4. The van der Waals surface area contributed by atoms with Crippen LogP contribution in [-0.2, 0) is 48.5 Å². The maximum atomic E-state index is 14.4. The molecule has 6 bridgehead atoms. The number of carbonyl (C=O) groups excluding carboxylic acids is 4.